The van der Waals surface area contributed by atoms with Crippen LogP contribution in [-0.4, -0.2) is 67.2 Å². The normalized spacial score (nSPS) is 11.5. The van der Waals surface area contributed by atoms with Gasteiger partial charge in [0.05, 0.1) is 43.3 Å². The van der Waals surface area contributed by atoms with Gasteiger partial charge in [0, 0.05) is 44.8 Å². The number of imidazole rings is 1. The van der Waals surface area contributed by atoms with Crippen molar-refractivity contribution in [1.29, 1.82) is 0 Å². The summed E-state index contributed by atoms with van der Waals surface area (Å²) in [6.45, 7) is 4.95. The van der Waals surface area contributed by atoms with Gasteiger partial charge in [0.15, 0.2) is 16.5 Å². The number of fused-ring (bicyclic) bond motifs is 2. The van der Waals surface area contributed by atoms with E-state index in [0.717, 1.165) is 40.6 Å². The van der Waals surface area contributed by atoms with Gasteiger partial charge in [-0.3, -0.25) is 0 Å². The summed E-state index contributed by atoms with van der Waals surface area (Å²) in [7, 11) is 5.00. The van der Waals surface area contributed by atoms with E-state index in [1.54, 1.807) is 37.2 Å². The Morgan fingerprint density at radius 3 is 2.59 bits per heavy atom. The van der Waals surface area contributed by atoms with Crippen molar-refractivity contribution < 1.29 is 23.4 Å². The van der Waals surface area contributed by atoms with Gasteiger partial charge < -0.3 is 28.3 Å². The lowest BCUT2D eigenvalue weighted by atomic mass is 10.2. The first kappa shape index (κ1) is 25.0. The van der Waals surface area contributed by atoms with Crippen molar-refractivity contribution in [2.75, 3.05) is 52.5 Å². The number of methoxy groups -OCH3 is 3. The average molecular weight is 524 g/mol. The fourth-order valence-electron chi connectivity index (χ4n) is 3.91. The van der Waals surface area contributed by atoms with Crippen molar-refractivity contribution in [2.45, 2.75) is 13.5 Å². The van der Waals surface area contributed by atoms with Gasteiger partial charge >= 0.3 is 0 Å². The molecule has 0 fully saturated rings. The first-order valence-corrected chi connectivity index (χ1v) is 12.7. The highest BCUT2D eigenvalue weighted by Crippen LogP contribution is 2.37. The molecule has 0 aliphatic carbocycles. The van der Waals surface area contributed by atoms with Crippen LogP contribution in [0.3, 0.4) is 0 Å². The van der Waals surface area contributed by atoms with Gasteiger partial charge in [-0.2, -0.15) is 5.10 Å². The maximum absolute atomic E-state index is 6.23. The van der Waals surface area contributed by atoms with Gasteiger partial charge in [-0.05, 0) is 25.1 Å². The molecule has 5 rings (SSSR count). The molecule has 37 heavy (non-hydrogen) atoms. The summed E-state index contributed by atoms with van der Waals surface area (Å²) in [6.07, 6.45) is 1.85. The van der Waals surface area contributed by atoms with Gasteiger partial charge in [0.25, 0.3) is 0 Å². The van der Waals surface area contributed by atoms with Crippen LogP contribution in [0.25, 0.3) is 28.1 Å². The molecule has 0 N–H and O–H groups in total. The van der Waals surface area contributed by atoms with Crippen LogP contribution in [0.5, 0.6) is 11.5 Å². The van der Waals surface area contributed by atoms with E-state index >= 15 is 0 Å². The summed E-state index contributed by atoms with van der Waals surface area (Å²) in [4.78, 5) is 11.6. The zero-order chi connectivity index (χ0) is 25.8. The van der Waals surface area contributed by atoms with E-state index < -0.39 is 0 Å². The van der Waals surface area contributed by atoms with E-state index in [2.05, 4.69) is 15.0 Å². The van der Waals surface area contributed by atoms with Crippen LogP contribution >= 0.6 is 11.3 Å². The zero-order valence-electron chi connectivity index (χ0n) is 21.3. The topological polar surface area (TPSA) is 96.4 Å². The van der Waals surface area contributed by atoms with Crippen molar-refractivity contribution >= 4 is 33.1 Å². The molecule has 0 saturated carbocycles. The van der Waals surface area contributed by atoms with Crippen molar-refractivity contribution in [1.82, 2.24) is 19.6 Å². The predicted molar refractivity (Wildman–Crippen MR) is 142 cm³/mol. The summed E-state index contributed by atoms with van der Waals surface area (Å²) >= 11 is 1.57. The van der Waals surface area contributed by atoms with E-state index in [4.69, 9.17) is 28.3 Å². The third kappa shape index (κ3) is 5.53. The molecule has 4 aromatic heterocycles. The van der Waals surface area contributed by atoms with Gasteiger partial charge in [0.1, 0.15) is 29.4 Å². The molecule has 0 unspecified atom stereocenters. The Hall–Kier alpha value is -3.67. The van der Waals surface area contributed by atoms with E-state index in [0.29, 0.717) is 48.4 Å². The minimum absolute atomic E-state index is 0.305. The maximum atomic E-state index is 6.23. The molecule has 0 saturated heterocycles. The summed E-state index contributed by atoms with van der Waals surface area (Å²) in [5, 5.41) is 8.22. The number of benzene rings is 1. The zero-order valence-corrected chi connectivity index (χ0v) is 22.1. The van der Waals surface area contributed by atoms with Crippen LogP contribution < -0.4 is 14.4 Å². The second kappa shape index (κ2) is 11.2. The Balaban J connectivity index is 1.38. The molecule has 11 heteroatoms. The molecule has 194 valence electrons. The molecule has 0 radical (unpaired) electrons. The number of anilines is 1. The lowest BCUT2D eigenvalue weighted by Crippen LogP contribution is -2.30. The van der Waals surface area contributed by atoms with Gasteiger partial charge in [-0.25, -0.2) is 14.5 Å². The summed E-state index contributed by atoms with van der Waals surface area (Å²) in [5.41, 5.74) is 3.83. The number of rotatable bonds is 12. The summed E-state index contributed by atoms with van der Waals surface area (Å²) < 4.78 is 30.1. The largest absolute Gasteiger partial charge is 0.496 e. The second-order valence-electron chi connectivity index (χ2n) is 8.43. The number of aryl methyl sites for hydroxylation is 1. The van der Waals surface area contributed by atoms with E-state index in [1.807, 2.05) is 48.8 Å². The SMILES string of the molecule is COCCN(CCOC)c1nc(COc2cc(OC)cc3oc(-c4cn5nc(C)ccc5n4)cc23)cs1. The highest BCUT2D eigenvalue weighted by atomic mass is 32.1. The molecule has 10 nitrogen and oxygen atoms in total. The lowest BCUT2D eigenvalue weighted by Gasteiger charge is -2.20. The molecule has 0 aliphatic heterocycles. The van der Waals surface area contributed by atoms with Crippen LogP contribution in [-0.2, 0) is 16.1 Å². The number of hydrogen-bond donors (Lipinski definition) is 0. The van der Waals surface area contributed by atoms with E-state index in [-0.39, 0.29) is 0 Å². The Labute approximate surface area is 218 Å². The molecular weight excluding hydrogens is 494 g/mol. The van der Waals surface area contributed by atoms with Crippen LogP contribution in [0.1, 0.15) is 11.4 Å². The molecule has 0 atom stereocenters. The van der Waals surface area contributed by atoms with Crippen molar-refractivity contribution in [3.05, 3.63) is 53.3 Å². The number of nitrogens with zero attached hydrogens (tertiary/aromatic N) is 5. The maximum Gasteiger partial charge on any atom is 0.185 e. The van der Waals surface area contributed by atoms with Gasteiger partial charge in [0.2, 0.25) is 0 Å². The molecule has 5 aromatic rings. The van der Waals surface area contributed by atoms with Crippen molar-refractivity contribution in [2.24, 2.45) is 0 Å². The first-order valence-electron chi connectivity index (χ1n) is 11.8. The number of ether oxygens (including phenoxy) is 4. The smallest absolute Gasteiger partial charge is 0.185 e. The van der Waals surface area contributed by atoms with Crippen molar-refractivity contribution in [3.8, 4) is 23.0 Å². The molecule has 0 spiro atoms. The molecule has 4 heterocycles. The minimum atomic E-state index is 0.305. The highest BCUT2D eigenvalue weighted by molar-refractivity contribution is 7.13. The van der Waals surface area contributed by atoms with Crippen LogP contribution in [0.2, 0.25) is 0 Å². The summed E-state index contributed by atoms with van der Waals surface area (Å²) in [5.74, 6) is 1.91. The third-order valence-corrected chi connectivity index (χ3v) is 6.78. The van der Waals surface area contributed by atoms with Crippen LogP contribution in [0, 0.1) is 6.92 Å². The van der Waals surface area contributed by atoms with E-state index in [1.165, 1.54) is 0 Å². The molecular formula is C26H29N5O5S. The van der Waals surface area contributed by atoms with Crippen molar-refractivity contribution in [3.63, 3.8) is 0 Å². The second-order valence-corrected chi connectivity index (χ2v) is 9.27. The van der Waals surface area contributed by atoms with Crippen LogP contribution in [0.4, 0.5) is 5.13 Å². The monoisotopic (exact) mass is 523 g/mol. The average Bonchev–Trinajstić information content (AvgIpc) is 3.65. The standard InChI is InChI=1S/C26H29N5O5S/c1-17-5-6-25-28-21(14-31(25)29-17)24-13-20-22(11-19(34-4)12-23(20)36-24)35-15-18-16-37-26(27-18)30(7-9-32-2)8-10-33-3/h5-6,11-14,16H,7-10,15H2,1-4H3. The number of aromatic nitrogens is 4. The Morgan fingerprint density at radius 2 is 1.84 bits per heavy atom. The minimum Gasteiger partial charge on any atom is -0.496 e. The van der Waals surface area contributed by atoms with Gasteiger partial charge in [-0.15, -0.1) is 11.3 Å². The van der Waals surface area contributed by atoms with E-state index in [9.17, 15) is 0 Å². The molecule has 0 amide bonds. The summed E-state index contributed by atoms with van der Waals surface area (Å²) in [6, 6.07) is 9.49. The third-order valence-electron chi connectivity index (χ3n) is 5.83. The fourth-order valence-corrected chi connectivity index (χ4v) is 4.77. The molecule has 0 bridgehead atoms. The molecule has 1 aromatic carbocycles. The number of thiazole rings is 1. The quantitative estimate of drug-likeness (QED) is 0.233. The number of furan rings is 1. The lowest BCUT2D eigenvalue weighted by molar-refractivity contribution is 0.190. The Kier molecular flexibility index (Phi) is 7.54. The highest BCUT2D eigenvalue weighted by Gasteiger charge is 2.17. The van der Waals surface area contributed by atoms with Gasteiger partial charge in [-0.1, -0.05) is 0 Å². The first-order chi connectivity index (χ1) is 18.1. The number of hydrogen-bond acceptors (Lipinski definition) is 10. The Morgan fingerprint density at radius 1 is 1.03 bits per heavy atom. The fraction of sp³-hybridized carbons (Fsp3) is 0.346. The molecule has 0 aliphatic rings. The predicted octanol–water partition coefficient (Wildman–Crippen LogP) is 4.59. The Bertz CT molecular complexity index is 1490. The van der Waals surface area contributed by atoms with Crippen LogP contribution in [0.15, 0.2) is 46.3 Å².